The standard InChI is InChI=1S/C15H16FIN2O/c1-2-7-20-11-5-3-10(4-6-11)19-15-8-12(16)13(17)9-14(15)18/h3-6,8-9,19H,2,7,18H2,1H3. The third-order valence-corrected chi connectivity index (χ3v) is 3.53. The van der Waals surface area contributed by atoms with Crippen molar-refractivity contribution in [2.45, 2.75) is 13.3 Å². The maximum Gasteiger partial charge on any atom is 0.138 e. The second-order valence-corrected chi connectivity index (χ2v) is 5.51. The topological polar surface area (TPSA) is 47.3 Å². The highest BCUT2D eigenvalue weighted by Crippen LogP contribution is 2.27. The van der Waals surface area contributed by atoms with Crippen LogP contribution < -0.4 is 15.8 Å². The molecule has 0 atom stereocenters. The van der Waals surface area contributed by atoms with E-state index in [1.807, 2.05) is 46.9 Å². The molecule has 0 fully saturated rings. The SMILES string of the molecule is CCCOc1ccc(Nc2cc(F)c(I)cc2N)cc1. The second-order valence-electron chi connectivity index (χ2n) is 4.35. The molecule has 3 N–H and O–H groups in total. The summed E-state index contributed by atoms with van der Waals surface area (Å²) in [6.45, 7) is 2.76. The number of rotatable bonds is 5. The van der Waals surface area contributed by atoms with E-state index in [0.29, 0.717) is 21.6 Å². The molecule has 0 aliphatic rings. The lowest BCUT2D eigenvalue weighted by atomic mass is 10.2. The van der Waals surface area contributed by atoms with Crippen LogP contribution in [0.25, 0.3) is 0 Å². The van der Waals surface area contributed by atoms with Gasteiger partial charge in [0.25, 0.3) is 0 Å². The number of ether oxygens (including phenoxy) is 1. The number of nitrogens with two attached hydrogens (primary N) is 1. The van der Waals surface area contributed by atoms with Crippen LogP contribution in [-0.4, -0.2) is 6.61 Å². The van der Waals surface area contributed by atoms with Crippen molar-refractivity contribution in [1.82, 2.24) is 0 Å². The van der Waals surface area contributed by atoms with E-state index in [1.165, 1.54) is 6.07 Å². The maximum atomic E-state index is 13.5. The van der Waals surface area contributed by atoms with Crippen LogP contribution in [0.4, 0.5) is 21.5 Å². The smallest absolute Gasteiger partial charge is 0.138 e. The van der Waals surface area contributed by atoms with Gasteiger partial charge >= 0.3 is 0 Å². The highest BCUT2D eigenvalue weighted by molar-refractivity contribution is 14.1. The number of hydrogen-bond donors (Lipinski definition) is 2. The van der Waals surface area contributed by atoms with E-state index in [4.69, 9.17) is 10.5 Å². The molecular formula is C15H16FIN2O. The summed E-state index contributed by atoms with van der Waals surface area (Å²) in [6.07, 6.45) is 0.971. The van der Waals surface area contributed by atoms with Gasteiger partial charge in [0.15, 0.2) is 0 Å². The number of hydrogen-bond acceptors (Lipinski definition) is 3. The minimum atomic E-state index is -0.287. The molecule has 3 nitrogen and oxygen atoms in total. The van der Waals surface area contributed by atoms with E-state index >= 15 is 0 Å². The fourth-order valence-corrected chi connectivity index (χ4v) is 2.17. The predicted molar refractivity (Wildman–Crippen MR) is 89.0 cm³/mol. The maximum absolute atomic E-state index is 13.5. The Balaban J connectivity index is 2.12. The lowest BCUT2D eigenvalue weighted by molar-refractivity contribution is 0.317. The van der Waals surface area contributed by atoms with Gasteiger partial charge in [0.1, 0.15) is 11.6 Å². The van der Waals surface area contributed by atoms with Gasteiger partial charge in [0, 0.05) is 11.8 Å². The van der Waals surface area contributed by atoms with Crippen LogP contribution in [0.3, 0.4) is 0 Å². The molecule has 0 heterocycles. The first kappa shape index (κ1) is 14.9. The molecule has 0 radical (unpaired) electrons. The quantitative estimate of drug-likeness (QED) is 0.586. The summed E-state index contributed by atoms with van der Waals surface area (Å²) >= 11 is 1.92. The summed E-state index contributed by atoms with van der Waals surface area (Å²) in [5.74, 6) is 0.532. The highest BCUT2D eigenvalue weighted by Gasteiger charge is 2.06. The van der Waals surface area contributed by atoms with Gasteiger partial charge in [-0.15, -0.1) is 0 Å². The Morgan fingerprint density at radius 3 is 2.60 bits per heavy atom. The van der Waals surface area contributed by atoms with Crippen molar-refractivity contribution >= 4 is 39.7 Å². The highest BCUT2D eigenvalue weighted by atomic mass is 127. The van der Waals surface area contributed by atoms with Crippen LogP contribution in [0, 0.1) is 9.39 Å². The van der Waals surface area contributed by atoms with Crippen molar-refractivity contribution < 1.29 is 9.13 Å². The average Bonchev–Trinajstić information content (AvgIpc) is 2.44. The lowest BCUT2D eigenvalue weighted by Gasteiger charge is -2.11. The Kier molecular flexibility index (Phi) is 5.05. The van der Waals surface area contributed by atoms with Gasteiger partial charge in [0.05, 0.1) is 21.6 Å². The van der Waals surface area contributed by atoms with Gasteiger partial charge in [0.2, 0.25) is 0 Å². The number of benzene rings is 2. The van der Waals surface area contributed by atoms with Crippen molar-refractivity contribution in [2.24, 2.45) is 0 Å². The van der Waals surface area contributed by atoms with Crippen LogP contribution in [-0.2, 0) is 0 Å². The number of halogens is 2. The molecule has 0 unspecified atom stereocenters. The van der Waals surface area contributed by atoms with Crippen molar-refractivity contribution in [1.29, 1.82) is 0 Å². The molecule has 5 heteroatoms. The minimum absolute atomic E-state index is 0.287. The molecule has 2 aromatic carbocycles. The molecule has 0 aliphatic carbocycles. The molecule has 2 rings (SSSR count). The van der Waals surface area contributed by atoms with E-state index in [-0.39, 0.29) is 5.82 Å². The largest absolute Gasteiger partial charge is 0.494 e. The van der Waals surface area contributed by atoms with Crippen molar-refractivity contribution in [3.8, 4) is 5.75 Å². The van der Waals surface area contributed by atoms with Gasteiger partial charge in [-0.3, -0.25) is 0 Å². The van der Waals surface area contributed by atoms with E-state index in [9.17, 15) is 4.39 Å². The molecular weight excluding hydrogens is 370 g/mol. The summed E-state index contributed by atoms with van der Waals surface area (Å²) in [6, 6.07) is 10.5. The predicted octanol–water partition coefficient (Wildman–Crippen LogP) is 4.54. The van der Waals surface area contributed by atoms with Crippen LogP contribution in [0.15, 0.2) is 36.4 Å². The zero-order valence-corrected chi connectivity index (χ0v) is 13.3. The first-order chi connectivity index (χ1) is 9.60. The van der Waals surface area contributed by atoms with E-state index in [1.54, 1.807) is 6.07 Å². The molecule has 0 saturated carbocycles. The number of nitrogen functional groups attached to an aromatic ring is 1. The molecule has 0 saturated heterocycles. The Hall–Kier alpha value is -1.50. The monoisotopic (exact) mass is 386 g/mol. The second kappa shape index (κ2) is 6.78. The molecule has 0 bridgehead atoms. The Morgan fingerprint density at radius 1 is 1.25 bits per heavy atom. The first-order valence-corrected chi connectivity index (χ1v) is 7.42. The minimum Gasteiger partial charge on any atom is -0.494 e. The molecule has 0 aliphatic heterocycles. The van der Waals surface area contributed by atoms with Gasteiger partial charge in [-0.1, -0.05) is 6.92 Å². The van der Waals surface area contributed by atoms with E-state index in [2.05, 4.69) is 12.2 Å². The van der Waals surface area contributed by atoms with Gasteiger partial charge in [-0.2, -0.15) is 0 Å². The molecule has 20 heavy (non-hydrogen) atoms. The Bertz CT molecular complexity index is 587. The lowest BCUT2D eigenvalue weighted by Crippen LogP contribution is -1.99. The van der Waals surface area contributed by atoms with Crippen molar-refractivity contribution in [3.63, 3.8) is 0 Å². The van der Waals surface area contributed by atoms with Gasteiger partial charge in [-0.25, -0.2) is 4.39 Å². The van der Waals surface area contributed by atoms with E-state index < -0.39 is 0 Å². The van der Waals surface area contributed by atoms with Crippen LogP contribution in [0.2, 0.25) is 0 Å². The zero-order valence-electron chi connectivity index (χ0n) is 11.1. The third-order valence-electron chi connectivity index (χ3n) is 2.70. The normalized spacial score (nSPS) is 10.3. The van der Waals surface area contributed by atoms with Crippen LogP contribution in [0.5, 0.6) is 5.75 Å². The summed E-state index contributed by atoms with van der Waals surface area (Å²) in [4.78, 5) is 0. The zero-order chi connectivity index (χ0) is 14.5. The Morgan fingerprint density at radius 2 is 1.95 bits per heavy atom. The summed E-state index contributed by atoms with van der Waals surface area (Å²) in [5, 5.41) is 3.10. The fraction of sp³-hybridized carbons (Fsp3) is 0.200. The summed E-state index contributed by atoms with van der Waals surface area (Å²) < 4.78 is 19.6. The fourth-order valence-electron chi connectivity index (χ4n) is 1.68. The Labute approximate surface area is 131 Å². The van der Waals surface area contributed by atoms with Gasteiger partial charge < -0.3 is 15.8 Å². The average molecular weight is 386 g/mol. The van der Waals surface area contributed by atoms with Crippen molar-refractivity contribution in [2.75, 3.05) is 17.7 Å². The molecule has 2 aromatic rings. The third kappa shape index (κ3) is 3.75. The molecule has 0 spiro atoms. The summed E-state index contributed by atoms with van der Waals surface area (Å²) in [5.41, 5.74) is 7.79. The van der Waals surface area contributed by atoms with Crippen LogP contribution >= 0.6 is 22.6 Å². The van der Waals surface area contributed by atoms with Crippen LogP contribution in [0.1, 0.15) is 13.3 Å². The number of nitrogens with one attached hydrogen (secondary N) is 1. The summed E-state index contributed by atoms with van der Waals surface area (Å²) in [7, 11) is 0. The van der Waals surface area contributed by atoms with E-state index in [0.717, 1.165) is 17.9 Å². The first-order valence-electron chi connectivity index (χ1n) is 6.34. The number of anilines is 3. The molecule has 0 amide bonds. The van der Waals surface area contributed by atoms with Crippen molar-refractivity contribution in [3.05, 3.63) is 45.8 Å². The molecule has 0 aromatic heterocycles. The molecule has 106 valence electrons. The van der Waals surface area contributed by atoms with Gasteiger partial charge in [-0.05, 0) is 59.3 Å².